The summed E-state index contributed by atoms with van der Waals surface area (Å²) in [6.45, 7) is 2.23. The summed E-state index contributed by atoms with van der Waals surface area (Å²) in [6, 6.07) is 8.17. The lowest BCUT2D eigenvalue weighted by molar-refractivity contribution is -0.135. The van der Waals surface area contributed by atoms with Crippen molar-refractivity contribution in [1.82, 2.24) is 15.2 Å². The number of hydrogen-bond acceptors (Lipinski definition) is 5. The quantitative estimate of drug-likeness (QED) is 0.591. The Labute approximate surface area is 188 Å². The molecule has 0 saturated carbocycles. The minimum atomic E-state index is -0.100. The first-order valence-electron chi connectivity index (χ1n) is 9.77. The van der Waals surface area contributed by atoms with Crippen LogP contribution < -0.4 is 11.1 Å². The molecular weight excluding hydrogens is 431 g/mol. The first-order chi connectivity index (χ1) is 13.2. The van der Waals surface area contributed by atoms with E-state index in [2.05, 4.69) is 16.4 Å². The zero-order valence-electron chi connectivity index (χ0n) is 16.5. The molecule has 1 saturated heterocycles. The number of likely N-dealkylation sites (tertiary alicyclic amines) is 1. The normalized spacial score (nSPS) is 16.0. The lowest BCUT2D eigenvalue weighted by atomic mass is 9.96. The number of aryl methyl sites for hydroxylation is 1. The van der Waals surface area contributed by atoms with E-state index in [-0.39, 0.29) is 42.5 Å². The number of para-hydroxylation sites is 1. The summed E-state index contributed by atoms with van der Waals surface area (Å²) in [6.07, 6.45) is 5.00. The van der Waals surface area contributed by atoms with Crippen LogP contribution in [-0.4, -0.2) is 47.9 Å². The number of hydrogen-bond donors (Lipinski definition) is 2. The van der Waals surface area contributed by atoms with Gasteiger partial charge in [-0.2, -0.15) is 0 Å². The first kappa shape index (κ1) is 25.6. The molecule has 3 rings (SSSR count). The third-order valence-electron chi connectivity index (χ3n) is 4.96. The number of nitrogens with two attached hydrogens (primary N) is 1. The molecule has 1 aliphatic rings. The number of nitrogens with zero attached hydrogens (tertiary/aromatic N) is 2. The molecule has 2 heterocycles. The molecule has 3 N–H and O–H groups in total. The van der Waals surface area contributed by atoms with Gasteiger partial charge in [-0.3, -0.25) is 9.59 Å². The summed E-state index contributed by atoms with van der Waals surface area (Å²) in [5, 5.41) is 3.97. The maximum atomic E-state index is 12.5. The molecule has 9 heteroatoms. The van der Waals surface area contributed by atoms with Crippen LogP contribution in [0.15, 0.2) is 24.3 Å². The SMILES string of the molecule is Cl.Cl.NCCNC(=O)C1CCCN(C(=O)CCCCc2nc3ccccc3s2)C1. The lowest BCUT2D eigenvalue weighted by Crippen LogP contribution is -2.46. The topological polar surface area (TPSA) is 88.3 Å². The zero-order valence-corrected chi connectivity index (χ0v) is 18.9. The fourth-order valence-electron chi connectivity index (χ4n) is 3.49. The molecule has 2 amide bonds. The molecule has 0 radical (unpaired) electrons. The highest BCUT2D eigenvalue weighted by Crippen LogP contribution is 2.23. The second-order valence-electron chi connectivity index (χ2n) is 7.04. The van der Waals surface area contributed by atoms with Gasteiger partial charge in [-0.05, 0) is 44.2 Å². The number of piperidine rings is 1. The van der Waals surface area contributed by atoms with Crippen molar-refractivity contribution in [2.24, 2.45) is 11.7 Å². The summed E-state index contributed by atoms with van der Waals surface area (Å²) < 4.78 is 1.22. The van der Waals surface area contributed by atoms with Crippen LogP contribution in [0.2, 0.25) is 0 Å². The average molecular weight is 461 g/mol. The van der Waals surface area contributed by atoms with E-state index < -0.39 is 0 Å². The van der Waals surface area contributed by atoms with Gasteiger partial charge in [-0.25, -0.2) is 4.98 Å². The van der Waals surface area contributed by atoms with E-state index in [1.165, 1.54) is 4.70 Å². The van der Waals surface area contributed by atoms with Gasteiger partial charge < -0.3 is 16.0 Å². The number of amides is 2. The van der Waals surface area contributed by atoms with Gasteiger partial charge in [0.15, 0.2) is 0 Å². The van der Waals surface area contributed by atoms with Gasteiger partial charge in [0, 0.05) is 32.6 Å². The lowest BCUT2D eigenvalue weighted by Gasteiger charge is -2.32. The number of fused-ring (bicyclic) bond motifs is 1. The summed E-state index contributed by atoms with van der Waals surface area (Å²) in [7, 11) is 0. The van der Waals surface area contributed by atoms with Gasteiger partial charge >= 0.3 is 0 Å². The van der Waals surface area contributed by atoms with Crippen LogP contribution >= 0.6 is 36.2 Å². The largest absolute Gasteiger partial charge is 0.355 e. The highest BCUT2D eigenvalue weighted by atomic mass is 35.5. The summed E-state index contributed by atoms with van der Waals surface area (Å²) >= 11 is 1.73. The Morgan fingerprint density at radius 1 is 1.24 bits per heavy atom. The van der Waals surface area contributed by atoms with Crippen LogP contribution in [0.4, 0.5) is 0 Å². The van der Waals surface area contributed by atoms with E-state index in [9.17, 15) is 9.59 Å². The number of aromatic nitrogens is 1. The third kappa shape index (κ3) is 7.41. The number of carbonyl (C=O) groups excluding carboxylic acids is 2. The second kappa shape index (κ2) is 13.0. The van der Waals surface area contributed by atoms with Crippen molar-refractivity contribution in [3.8, 4) is 0 Å². The van der Waals surface area contributed by atoms with Crippen molar-refractivity contribution < 1.29 is 9.59 Å². The molecule has 1 atom stereocenters. The van der Waals surface area contributed by atoms with Crippen molar-refractivity contribution in [2.75, 3.05) is 26.2 Å². The Balaban J connectivity index is 0.00000210. The molecule has 0 aliphatic carbocycles. The minimum absolute atomic E-state index is 0. The number of thiazole rings is 1. The van der Waals surface area contributed by atoms with Gasteiger partial charge in [0.05, 0.1) is 21.1 Å². The van der Waals surface area contributed by atoms with Crippen molar-refractivity contribution in [3.63, 3.8) is 0 Å². The van der Waals surface area contributed by atoms with Crippen LogP contribution in [0.5, 0.6) is 0 Å². The van der Waals surface area contributed by atoms with Crippen LogP contribution in [0.1, 0.15) is 37.1 Å². The standard InChI is InChI=1S/C20H28N4O2S.2ClH/c21-11-12-22-20(26)15-6-5-13-24(14-15)19(25)10-4-3-9-18-23-16-7-1-2-8-17(16)27-18;;/h1-2,7-8,15H,3-6,9-14,21H2,(H,22,26);2*1H. The Bertz CT molecular complexity index is 754. The fourth-order valence-corrected chi connectivity index (χ4v) is 4.50. The van der Waals surface area contributed by atoms with E-state index in [1.54, 1.807) is 11.3 Å². The van der Waals surface area contributed by atoms with Crippen molar-refractivity contribution >= 4 is 58.2 Å². The number of halogens is 2. The molecule has 162 valence electrons. The summed E-state index contributed by atoms with van der Waals surface area (Å²) in [5.41, 5.74) is 6.49. The Morgan fingerprint density at radius 2 is 2.03 bits per heavy atom. The average Bonchev–Trinajstić information content (AvgIpc) is 3.12. The predicted molar refractivity (Wildman–Crippen MR) is 123 cm³/mol. The second-order valence-corrected chi connectivity index (χ2v) is 8.16. The monoisotopic (exact) mass is 460 g/mol. The molecule has 1 aromatic carbocycles. The van der Waals surface area contributed by atoms with Crippen molar-refractivity contribution in [3.05, 3.63) is 29.3 Å². The molecular formula is C20H30Cl2N4O2S. The zero-order chi connectivity index (χ0) is 19.1. The van der Waals surface area contributed by atoms with E-state index >= 15 is 0 Å². The predicted octanol–water partition coefficient (Wildman–Crippen LogP) is 3.17. The van der Waals surface area contributed by atoms with Gasteiger partial charge in [0.25, 0.3) is 0 Å². The van der Waals surface area contributed by atoms with E-state index in [0.717, 1.165) is 49.2 Å². The van der Waals surface area contributed by atoms with Gasteiger partial charge in [0.2, 0.25) is 11.8 Å². The highest BCUT2D eigenvalue weighted by Gasteiger charge is 2.27. The molecule has 1 aromatic heterocycles. The highest BCUT2D eigenvalue weighted by molar-refractivity contribution is 7.18. The molecule has 6 nitrogen and oxygen atoms in total. The number of rotatable bonds is 8. The molecule has 0 bridgehead atoms. The van der Waals surface area contributed by atoms with Crippen LogP contribution in [0.25, 0.3) is 10.2 Å². The number of benzene rings is 1. The first-order valence-corrected chi connectivity index (χ1v) is 10.6. The summed E-state index contributed by atoms with van der Waals surface area (Å²) in [5.74, 6) is 0.0846. The van der Waals surface area contributed by atoms with Crippen LogP contribution in [0, 0.1) is 5.92 Å². The Hall–Kier alpha value is -1.41. The number of carbonyl (C=O) groups is 2. The van der Waals surface area contributed by atoms with E-state index in [0.29, 0.717) is 26.1 Å². The minimum Gasteiger partial charge on any atom is -0.355 e. The number of nitrogens with one attached hydrogen (secondary N) is 1. The maximum Gasteiger partial charge on any atom is 0.224 e. The molecule has 29 heavy (non-hydrogen) atoms. The molecule has 2 aromatic rings. The van der Waals surface area contributed by atoms with E-state index in [4.69, 9.17) is 5.73 Å². The van der Waals surface area contributed by atoms with Gasteiger partial charge in [0.1, 0.15) is 0 Å². The summed E-state index contributed by atoms with van der Waals surface area (Å²) in [4.78, 5) is 31.1. The van der Waals surface area contributed by atoms with E-state index in [1.807, 2.05) is 23.1 Å². The van der Waals surface area contributed by atoms with Crippen LogP contribution in [0.3, 0.4) is 0 Å². The maximum absolute atomic E-state index is 12.5. The van der Waals surface area contributed by atoms with Crippen molar-refractivity contribution in [1.29, 1.82) is 0 Å². The van der Waals surface area contributed by atoms with Gasteiger partial charge in [-0.15, -0.1) is 36.2 Å². The molecule has 1 fully saturated rings. The molecule has 1 unspecified atom stereocenters. The van der Waals surface area contributed by atoms with Crippen molar-refractivity contribution in [2.45, 2.75) is 38.5 Å². The van der Waals surface area contributed by atoms with Crippen LogP contribution in [-0.2, 0) is 16.0 Å². The Morgan fingerprint density at radius 3 is 2.79 bits per heavy atom. The third-order valence-corrected chi connectivity index (χ3v) is 6.05. The fraction of sp³-hybridized carbons (Fsp3) is 0.550. The molecule has 1 aliphatic heterocycles. The number of unbranched alkanes of at least 4 members (excludes halogenated alkanes) is 1. The Kier molecular flexibility index (Phi) is 11.5. The molecule has 0 spiro atoms. The van der Waals surface area contributed by atoms with Gasteiger partial charge in [-0.1, -0.05) is 12.1 Å². The smallest absolute Gasteiger partial charge is 0.224 e.